The second kappa shape index (κ2) is 6.07. The average Bonchev–Trinajstić information content (AvgIpc) is 2.86. The van der Waals surface area contributed by atoms with E-state index in [2.05, 4.69) is 0 Å². The highest BCUT2D eigenvalue weighted by Gasteiger charge is 2.36. The molecule has 1 amide bonds. The van der Waals surface area contributed by atoms with Crippen LogP contribution in [0.4, 0.5) is 5.69 Å². The second-order valence-electron chi connectivity index (χ2n) is 5.38. The molecule has 1 atom stereocenters. The summed E-state index contributed by atoms with van der Waals surface area (Å²) >= 11 is -1.63. The Balaban J connectivity index is 2.12. The van der Waals surface area contributed by atoms with Crippen molar-refractivity contribution in [3.63, 3.8) is 0 Å². The van der Waals surface area contributed by atoms with Gasteiger partial charge in [-0.2, -0.15) is 5.26 Å². The molecular formula is C16H12N2O5S2. The fourth-order valence-electron chi connectivity index (χ4n) is 2.61. The molecule has 1 unspecified atom stereocenters. The van der Waals surface area contributed by atoms with Crippen molar-refractivity contribution in [2.24, 2.45) is 0 Å². The van der Waals surface area contributed by atoms with Crippen LogP contribution in [0.1, 0.15) is 15.9 Å². The van der Waals surface area contributed by atoms with Gasteiger partial charge in [-0.25, -0.2) is 8.42 Å². The Bertz CT molecular complexity index is 1030. The third kappa shape index (κ3) is 2.84. The minimum Gasteiger partial charge on any atom is -0.612 e. The van der Waals surface area contributed by atoms with Crippen molar-refractivity contribution >= 4 is 32.6 Å². The normalized spacial score (nSPS) is 16.1. The third-order valence-corrected chi connectivity index (χ3v) is 6.33. The number of nitriles is 1. The van der Waals surface area contributed by atoms with Crippen LogP contribution in [0.2, 0.25) is 0 Å². The Morgan fingerprint density at radius 3 is 2.68 bits per heavy atom. The minimum atomic E-state index is -3.63. The van der Waals surface area contributed by atoms with Gasteiger partial charge in [-0.3, -0.25) is 9.69 Å². The Hall–Kier alpha value is -2.54. The molecule has 25 heavy (non-hydrogen) atoms. The summed E-state index contributed by atoms with van der Waals surface area (Å²) in [6, 6.07) is 10.2. The van der Waals surface area contributed by atoms with Crippen LogP contribution in [0.5, 0.6) is 5.75 Å². The van der Waals surface area contributed by atoms with Crippen LogP contribution in [-0.2, 0) is 21.0 Å². The predicted octanol–water partition coefficient (Wildman–Crippen LogP) is 1.39. The number of para-hydroxylation sites is 1. The van der Waals surface area contributed by atoms with Crippen molar-refractivity contribution in [2.75, 3.05) is 17.0 Å². The van der Waals surface area contributed by atoms with Gasteiger partial charge < -0.3 is 9.66 Å². The van der Waals surface area contributed by atoms with Gasteiger partial charge in [0.15, 0.2) is 20.5 Å². The third-order valence-electron chi connectivity index (χ3n) is 3.79. The van der Waals surface area contributed by atoms with Crippen molar-refractivity contribution in [1.82, 2.24) is 0 Å². The monoisotopic (exact) mass is 376 g/mol. The molecule has 7 nitrogen and oxygen atoms in total. The summed E-state index contributed by atoms with van der Waals surface area (Å²) in [5.41, 5.74) is 0.0242. The SMILES string of the molecule is C[S+]([O-])c1cc(C(=O)N2CS(=O)(=O)c3ccccc32)cc(C#N)c1O. The molecule has 1 aliphatic rings. The zero-order valence-electron chi connectivity index (χ0n) is 13.0. The number of nitrogens with zero attached hydrogens (tertiary/aromatic N) is 2. The van der Waals surface area contributed by atoms with Crippen LogP contribution in [-0.4, -0.2) is 36.1 Å². The zero-order valence-corrected chi connectivity index (χ0v) is 14.6. The fraction of sp³-hybridized carbons (Fsp3) is 0.125. The number of rotatable bonds is 2. The summed E-state index contributed by atoms with van der Waals surface area (Å²) in [5.74, 6) is -1.62. The second-order valence-corrected chi connectivity index (χ2v) is 8.66. The molecule has 0 saturated carbocycles. The number of carbonyl (C=O) groups is 1. The number of phenolic OH excluding ortho intramolecular Hbond substituents is 1. The maximum Gasteiger partial charge on any atom is 0.259 e. The van der Waals surface area contributed by atoms with Crippen molar-refractivity contribution in [3.05, 3.63) is 47.5 Å². The lowest BCUT2D eigenvalue weighted by molar-refractivity contribution is 0.0991. The van der Waals surface area contributed by atoms with Crippen LogP contribution in [0.3, 0.4) is 0 Å². The summed E-state index contributed by atoms with van der Waals surface area (Å²) < 4.78 is 36.2. The first-order valence-corrected chi connectivity index (χ1v) is 10.2. The molecule has 1 aliphatic heterocycles. The molecule has 0 saturated heterocycles. The minimum absolute atomic E-state index is 0.0218. The number of carbonyl (C=O) groups excluding carboxylic acids is 1. The summed E-state index contributed by atoms with van der Waals surface area (Å²) in [4.78, 5) is 13.9. The molecule has 128 valence electrons. The van der Waals surface area contributed by atoms with E-state index in [1.807, 2.05) is 0 Å². The van der Waals surface area contributed by atoms with Crippen LogP contribution >= 0.6 is 0 Å². The highest BCUT2D eigenvalue weighted by molar-refractivity contribution is 7.92. The smallest absolute Gasteiger partial charge is 0.259 e. The maximum atomic E-state index is 12.8. The van der Waals surface area contributed by atoms with E-state index < -0.39 is 38.5 Å². The highest BCUT2D eigenvalue weighted by atomic mass is 32.2. The molecule has 2 aromatic rings. The molecule has 1 heterocycles. The number of amides is 1. The van der Waals surface area contributed by atoms with E-state index in [1.165, 1.54) is 24.5 Å². The molecule has 1 N–H and O–H groups in total. The zero-order chi connectivity index (χ0) is 18.4. The standard InChI is InChI=1S/C16H12N2O5S2/c1-24(21)13-7-10(6-11(8-17)15(13)19)16(20)18-9-25(22,23)14-5-3-2-4-12(14)18/h2-7,19H,9H2,1H3. The number of hydrogen-bond acceptors (Lipinski definition) is 6. The van der Waals surface area contributed by atoms with Crippen LogP contribution in [0.25, 0.3) is 0 Å². The Labute approximate surface area is 147 Å². The first kappa shape index (κ1) is 17.3. The Morgan fingerprint density at radius 2 is 2.04 bits per heavy atom. The number of benzene rings is 2. The lowest BCUT2D eigenvalue weighted by Gasteiger charge is -2.17. The molecule has 0 bridgehead atoms. The largest absolute Gasteiger partial charge is 0.612 e. The number of aromatic hydroxyl groups is 1. The lowest BCUT2D eigenvalue weighted by atomic mass is 10.1. The van der Waals surface area contributed by atoms with Gasteiger partial charge in [-0.15, -0.1) is 0 Å². The molecule has 2 aromatic carbocycles. The topological polar surface area (TPSA) is 122 Å². The van der Waals surface area contributed by atoms with E-state index in [1.54, 1.807) is 18.2 Å². The van der Waals surface area contributed by atoms with E-state index in [9.17, 15) is 22.9 Å². The maximum absolute atomic E-state index is 12.8. The molecule has 0 spiro atoms. The molecule has 0 aromatic heterocycles. The van der Waals surface area contributed by atoms with Gasteiger partial charge in [0.25, 0.3) is 5.91 Å². The van der Waals surface area contributed by atoms with Crippen LogP contribution < -0.4 is 4.90 Å². The summed E-state index contributed by atoms with van der Waals surface area (Å²) in [5, 5.41) is 19.0. The molecular weight excluding hydrogens is 364 g/mol. The van der Waals surface area contributed by atoms with Gasteiger partial charge >= 0.3 is 0 Å². The molecule has 3 rings (SSSR count). The average molecular weight is 376 g/mol. The van der Waals surface area contributed by atoms with Crippen molar-refractivity contribution in [3.8, 4) is 11.8 Å². The van der Waals surface area contributed by atoms with Gasteiger partial charge in [0, 0.05) is 11.6 Å². The van der Waals surface area contributed by atoms with Crippen molar-refractivity contribution < 1.29 is 22.9 Å². The molecule has 0 radical (unpaired) electrons. The molecule has 0 aliphatic carbocycles. The quantitative estimate of drug-likeness (QED) is 0.791. The molecule has 0 fully saturated rings. The summed E-state index contributed by atoms with van der Waals surface area (Å²) in [6.07, 6.45) is 1.31. The van der Waals surface area contributed by atoms with Gasteiger partial charge in [-0.1, -0.05) is 12.1 Å². The van der Waals surface area contributed by atoms with Gasteiger partial charge in [-0.05, 0) is 29.4 Å². The number of hydrogen-bond donors (Lipinski definition) is 1. The van der Waals surface area contributed by atoms with Gasteiger partial charge in [0.05, 0.1) is 16.1 Å². The Kier molecular flexibility index (Phi) is 4.20. The van der Waals surface area contributed by atoms with E-state index in [0.29, 0.717) is 0 Å². The number of sulfone groups is 1. The number of fused-ring (bicyclic) bond motifs is 1. The number of anilines is 1. The van der Waals surface area contributed by atoms with Crippen LogP contribution in [0.15, 0.2) is 46.2 Å². The van der Waals surface area contributed by atoms with E-state index in [-0.39, 0.29) is 26.6 Å². The summed E-state index contributed by atoms with van der Waals surface area (Å²) in [6.45, 7) is 0. The predicted molar refractivity (Wildman–Crippen MR) is 90.5 cm³/mol. The molecule has 9 heteroatoms. The van der Waals surface area contributed by atoms with E-state index >= 15 is 0 Å². The Morgan fingerprint density at radius 1 is 1.36 bits per heavy atom. The van der Waals surface area contributed by atoms with Gasteiger partial charge in [0.1, 0.15) is 18.2 Å². The van der Waals surface area contributed by atoms with E-state index in [0.717, 1.165) is 11.0 Å². The van der Waals surface area contributed by atoms with Crippen LogP contribution in [0, 0.1) is 11.3 Å². The van der Waals surface area contributed by atoms with Gasteiger partial charge in [0.2, 0.25) is 0 Å². The van der Waals surface area contributed by atoms with Crippen molar-refractivity contribution in [2.45, 2.75) is 9.79 Å². The van der Waals surface area contributed by atoms with Crippen molar-refractivity contribution in [1.29, 1.82) is 5.26 Å². The highest BCUT2D eigenvalue weighted by Crippen LogP contribution is 2.35. The first-order valence-electron chi connectivity index (χ1n) is 7.00. The number of phenols is 1. The first-order chi connectivity index (χ1) is 11.8. The fourth-order valence-corrected chi connectivity index (χ4v) is 4.81. The summed E-state index contributed by atoms with van der Waals surface area (Å²) in [7, 11) is -3.63. The van der Waals surface area contributed by atoms with E-state index in [4.69, 9.17) is 5.26 Å². The lowest BCUT2D eigenvalue weighted by Crippen LogP contribution is -2.30.